The van der Waals surface area contributed by atoms with Crippen molar-refractivity contribution in [2.75, 3.05) is 32.2 Å². The molecule has 2 aromatic rings. The third kappa shape index (κ3) is 6.21. The molecule has 0 aliphatic carbocycles. The number of ether oxygens (including phenoxy) is 2. The second-order valence-electron chi connectivity index (χ2n) is 5.63. The largest absolute Gasteiger partial charge is 0.482 e. The first-order valence-corrected chi connectivity index (χ1v) is 9.96. The molecule has 1 amide bonds. The lowest BCUT2D eigenvalue weighted by Gasteiger charge is -2.11. The number of nitrogens with one attached hydrogen (secondary N) is 2. The Labute approximate surface area is 163 Å². The Morgan fingerprint density at radius 2 is 1.93 bits per heavy atom. The zero-order chi connectivity index (χ0) is 19.9. The number of anilines is 1. The summed E-state index contributed by atoms with van der Waals surface area (Å²) in [5, 5.41) is 2.83. The normalized spacial score (nSPS) is 11.2. The van der Waals surface area contributed by atoms with Gasteiger partial charge in [-0.25, -0.2) is 13.1 Å². The van der Waals surface area contributed by atoms with Crippen LogP contribution < -0.4 is 14.8 Å². The molecule has 2 aromatic carbocycles. The molecule has 2 rings (SSSR count). The molecule has 0 heterocycles. The van der Waals surface area contributed by atoms with Gasteiger partial charge in [0.05, 0.1) is 16.5 Å². The Balaban J connectivity index is 1.97. The molecule has 0 saturated heterocycles. The van der Waals surface area contributed by atoms with E-state index in [1.807, 2.05) is 25.1 Å². The first-order chi connectivity index (χ1) is 12.8. The van der Waals surface area contributed by atoms with E-state index >= 15 is 0 Å². The van der Waals surface area contributed by atoms with E-state index in [4.69, 9.17) is 21.1 Å². The minimum absolute atomic E-state index is 0.000292. The van der Waals surface area contributed by atoms with Crippen molar-refractivity contribution < 1.29 is 22.7 Å². The van der Waals surface area contributed by atoms with Crippen LogP contribution in [0.15, 0.2) is 47.4 Å². The van der Waals surface area contributed by atoms with Gasteiger partial charge in [0.25, 0.3) is 5.91 Å². The Morgan fingerprint density at radius 3 is 2.59 bits per heavy atom. The molecular weight excluding hydrogens is 392 g/mol. The minimum Gasteiger partial charge on any atom is -0.482 e. The summed E-state index contributed by atoms with van der Waals surface area (Å²) in [7, 11) is -2.22. The van der Waals surface area contributed by atoms with Crippen molar-refractivity contribution in [1.29, 1.82) is 0 Å². The highest BCUT2D eigenvalue weighted by molar-refractivity contribution is 7.89. The number of rotatable bonds is 9. The first kappa shape index (κ1) is 21.2. The standard InChI is InChI=1S/C18H21ClN2O5S/c1-13-5-3-4-6-16(13)21-18(22)12-26-17-8-7-14(11-15(17)19)27(23,24)20-9-10-25-2/h3-8,11,20H,9-10,12H2,1-2H3,(H,21,22). The highest BCUT2D eigenvalue weighted by atomic mass is 35.5. The summed E-state index contributed by atoms with van der Waals surface area (Å²) in [6, 6.07) is 11.4. The fourth-order valence-electron chi connectivity index (χ4n) is 2.17. The monoisotopic (exact) mass is 412 g/mol. The van der Waals surface area contributed by atoms with Gasteiger partial charge >= 0.3 is 0 Å². The maximum Gasteiger partial charge on any atom is 0.262 e. The van der Waals surface area contributed by atoms with Crippen molar-refractivity contribution in [1.82, 2.24) is 4.72 Å². The average molecular weight is 413 g/mol. The highest BCUT2D eigenvalue weighted by Gasteiger charge is 2.16. The molecule has 0 spiro atoms. The van der Waals surface area contributed by atoms with Crippen molar-refractivity contribution in [2.45, 2.75) is 11.8 Å². The number of aryl methyl sites for hydroxylation is 1. The number of carbonyl (C=O) groups is 1. The lowest BCUT2D eigenvalue weighted by molar-refractivity contribution is -0.118. The van der Waals surface area contributed by atoms with E-state index in [-0.39, 0.29) is 41.3 Å². The second-order valence-corrected chi connectivity index (χ2v) is 7.81. The smallest absolute Gasteiger partial charge is 0.262 e. The summed E-state index contributed by atoms with van der Waals surface area (Å²) in [5.41, 5.74) is 1.63. The van der Waals surface area contributed by atoms with E-state index in [2.05, 4.69) is 10.0 Å². The van der Waals surface area contributed by atoms with E-state index in [0.717, 1.165) is 5.56 Å². The zero-order valence-corrected chi connectivity index (χ0v) is 16.6. The van der Waals surface area contributed by atoms with Gasteiger partial charge in [0.15, 0.2) is 6.61 Å². The molecule has 0 saturated carbocycles. The van der Waals surface area contributed by atoms with Crippen molar-refractivity contribution in [3.8, 4) is 5.75 Å². The summed E-state index contributed by atoms with van der Waals surface area (Å²) < 4.78 is 36.9. The lowest BCUT2D eigenvalue weighted by Crippen LogP contribution is -2.27. The number of benzene rings is 2. The third-order valence-corrected chi connectivity index (χ3v) is 5.34. The predicted molar refractivity (Wildman–Crippen MR) is 104 cm³/mol. The summed E-state index contributed by atoms with van der Waals surface area (Å²) in [4.78, 5) is 12.0. The van der Waals surface area contributed by atoms with Gasteiger partial charge in [-0.1, -0.05) is 29.8 Å². The number of hydrogen-bond acceptors (Lipinski definition) is 5. The number of para-hydroxylation sites is 1. The van der Waals surface area contributed by atoms with Crippen molar-refractivity contribution in [2.24, 2.45) is 0 Å². The number of sulfonamides is 1. The van der Waals surface area contributed by atoms with Crippen molar-refractivity contribution in [3.05, 3.63) is 53.1 Å². The Bertz CT molecular complexity index is 902. The zero-order valence-electron chi connectivity index (χ0n) is 15.0. The van der Waals surface area contributed by atoms with Gasteiger partial charge in [-0.2, -0.15) is 0 Å². The van der Waals surface area contributed by atoms with Gasteiger partial charge in [0.2, 0.25) is 10.0 Å². The number of methoxy groups -OCH3 is 1. The summed E-state index contributed by atoms with van der Waals surface area (Å²) in [5.74, 6) is -0.134. The summed E-state index contributed by atoms with van der Waals surface area (Å²) in [6.45, 7) is 2.03. The van der Waals surface area contributed by atoms with E-state index in [1.54, 1.807) is 6.07 Å². The fourth-order valence-corrected chi connectivity index (χ4v) is 3.51. The highest BCUT2D eigenvalue weighted by Crippen LogP contribution is 2.27. The molecule has 0 fully saturated rings. The average Bonchev–Trinajstić information content (AvgIpc) is 2.62. The van der Waals surface area contributed by atoms with Gasteiger partial charge < -0.3 is 14.8 Å². The van der Waals surface area contributed by atoms with Gasteiger partial charge in [0.1, 0.15) is 5.75 Å². The molecule has 2 N–H and O–H groups in total. The number of hydrogen-bond donors (Lipinski definition) is 2. The van der Waals surface area contributed by atoms with Crippen LogP contribution in [0.4, 0.5) is 5.69 Å². The molecule has 9 heteroatoms. The van der Waals surface area contributed by atoms with Crippen LogP contribution in [0.25, 0.3) is 0 Å². The van der Waals surface area contributed by atoms with E-state index < -0.39 is 10.0 Å². The third-order valence-electron chi connectivity index (χ3n) is 3.59. The molecule has 0 aliphatic heterocycles. The first-order valence-electron chi connectivity index (χ1n) is 8.10. The molecule has 0 unspecified atom stereocenters. The van der Waals surface area contributed by atoms with Gasteiger partial charge in [0, 0.05) is 19.3 Å². The molecular formula is C18H21ClN2O5S. The van der Waals surface area contributed by atoms with E-state index in [9.17, 15) is 13.2 Å². The van der Waals surface area contributed by atoms with Crippen LogP contribution in [0.1, 0.15) is 5.56 Å². The van der Waals surface area contributed by atoms with Gasteiger partial charge in [-0.15, -0.1) is 0 Å². The Kier molecular flexibility index (Phi) is 7.61. The fraction of sp³-hybridized carbons (Fsp3) is 0.278. The lowest BCUT2D eigenvalue weighted by atomic mass is 10.2. The molecule has 7 nitrogen and oxygen atoms in total. The second kappa shape index (κ2) is 9.70. The van der Waals surface area contributed by atoms with Crippen LogP contribution in [0.2, 0.25) is 5.02 Å². The number of amides is 1. The number of carbonyl (C=O) groups excluding carboxylic acids is 1. The Morgan fingerprint density at radius 1 is 1.19 bits per heavy atom. The maximum absolute atomic E-state index is 12.1. The molecule has 0 bridgehead atoms. The minimum atomic E-state index is -3.70. The van der Waals surface area contributed by atoms with Crippen LogP contribution in [-0.2, 0) is 19.6 Å². The predicted octanol–water partition coefficient (Wildman–Crippen LogP) is 2.59. The Hall–Kier alpha value is -2.13. The van der Waals surface area contributed by atoms with E-state index in [0.29, 0.717) is 5.69 Å². The molecule has 0 aromatic heterocycles. The van der Waals surface area contributed by atoms with Gasteiger partial charge in [-0.05, 0) is 36.8 Å². The topological polar surface area (TPSA) is 93.7 Å². The number of halogens is 1. The van der Waals surface area contributed by atoms with Crippen LogP contribution in [-0.4, -0.2) is 41.2 Å². The summed E-state index contributed by atoms with van der Waals surface area (Å²) >= 11 is 6.09. The van der Waals surface area contributed by atoms with Crippen molar-refractivity contribution >= 4 is 33.2 Å². The molecule has 0 aliphatic rings. The SMILES string of the molecule is COCCNS(=O)(=O)c1ccc(OCC(=O)Nc2ccccc2C)c(Cl)c1. The molecule has 0 radical (unpaired) electrons. The quantitative estimate of drug-likeness (QED) is 0.617. The van der Waals surface area contributed by atoms with E-state index in [1.165, 1.54) is 25.3 Å². The van der Waals surface area contributed by atoms with Crippen molar-refractivity contribution in [3.63, 3.8) is 0 Å². The van der Waals surface area contributed by atoms with Gasteiger partial charge in [-0.3, -0.25) is 4.79 Å². The van der Waals surface area contributed by atoms with Crippen LogP contribution in [0.3, 0.4) is 0 Å². The molecule has 27 heavy (non-hydrogen) atoms. The molecule has 146 valence electrons. The van der Waals surface area contributed by atoms with Crippen LogP contribution in [0, 0.1) is 6.92 Å². The van der Waals surface area contributed by atoms with Crippen LogP contribution >= 0.6 is 11.6 Å². The summed E-state index contributed by atoms with van der Waals surface area (Å²) in [6.07, 6.45) is 0. The molecule has 0 atom stereocenters. The van der Waals surface area contributed by atoms with Crippen LogP contribution in [0.5, 0.6) is 5.75 Å². The maximum atomic E-state index is 12.1.